The van der Waals surface area contributed by atoms with Crippen LogP contribution in [-0.4, -0.2) is 41.3 Å². The number of anilines is 4. The minimum absolute atomic E-state index is 0.229. The van der Waals surface area contributed by atoms with Gasteiger partial charge in [-0.3, -0.25) is 9.40 Å². The molecule has 1 aromatic carbocycles. The fourth-order valence-electron chi connectivity index (χ4n) is 4.03. The van der Waals surface area contributed by atoms with Gasteiger partial charge in [0.1, 0.15) is 10.7 Å². The first kappa shape index (κ1) is 22.1. The first-order valence-electron chi connectivity index (χ1n) is 10.8. The molecule has 1 fully saturated rings. The molecule has 0 atom stereocenters. The van der Waals surface area contributed by atoms with Gasteiger partial charge >= 0.3 is 0 Å². The highest BCUT2D eigenvalue weighted by Gasteiger charge is 2.24. The molecule has 0 radical (unpaired) electrons. The van der Waals surface area contributed by atoms with Crippen molar-refractivity contribution >= 4 is 33.2 Å². The van der Waals surface area contributed by atoms with Gasteiger partial charge in [-0.25, -0.2) is 13.4 Å². The molecule has 1 aliphatic rings. The third-order valence-corrected chi connectivity index (χ3v) is 7.16. The van der Waals surface area contributed by atoms with E-state index in [1.807, 2.05) is 32.0 Å². The molecule has 9 nitrogen and oxygen atoms in total. The number of nitrogens with zero attached hydrogens (tertiary/aromatic N) is 5. The predicted molar refractivity (Wildman–Crippen MR) is 126 cm³/mol. The van der Waals surface area contributed by atoms with E-state index in [2.05, 4.69) is 30.0 Å². The van der Waals surface area contributed by atoms with Gasteiger partial charge in [0.25, 0.3) is 10.0 Å². The Hall–Kier alpha value is -3.14. The first-order valence-corrected chi connectivity index (χ1v) is 12.3. The van der Waals surface area contributed by atoms with Crippen LogP contribution in [0, 0.1) is 20.8 Å². The maximum Gasteiger partial charge on any atom is 0.265 e. The lowest BCUT2D eigenvalue weighted by atomic mass is 10.3. The van der Waals surface area contributed by atoms with Gasteiger partial charge in [0.15, 0.2) is 0 Å². The van der Waals surface area contributed by atoms with Crippen molar-refractivity contribution < 1.29 is 8.42 Å². The molecule has 32 heavy (non-hydrogen) atoms. The summed E-state index contributed by atoms with van der Waals surface area (Å²) >= 11 is 0. The van der Waals surface area contributed by atoms with E-state index in [4.69, 9.17) is 0 Å². The third kappa shape index (κ3) is 4.55. The van der Waals surface area contributed by atoms with Crippen molar-refractivity contribution in [3.05, 3.63) is 47.4 Å². The second-order valence-electron chi connectivity index (χ2n) is 8.01. The van der Waals surface area contributed by atoms with Crippen LogP contribution in [0.15, 0.2) is 35.2 Å². The molecule has 2 N–H and O–H groups in total. The van der Waals surface area contributed by atoms with Gasteiger partial charge in [-0.2, -0.15) is 10.1 Å². The van der Waals surface area contributed by atoms with E-state index in [0.29, 0.717) is 29.4 Å². The molecule has 1 aliphatic heterocycles. The minimum Gasteiger partial charge on any atom is -0.341 e. The standard InChI is InChI=1S/C22H29N7O2S/c1-5-29-17(4)21(16(3)26-29)32(30,31)27-19-10-8-18(9-11-19)24-20-14-15(2)23-22(25-20)28-12-6-7-13-28/h8-11,14,27H,5-7,12-13H2,1-4H3,(H,23,24,25). The molecule has 0 aliphatic carbocycles. The molecule has 3 aromatic rings. The fourth-order valence-corrected chi connectivity index (χ4v) is 5.50. The van der Waals surface area contributed by atoms with E-state index in [9.17, 15) is 8.42 Å². The van der Waals surface area contributed by atoms with Gasteiger partial charge in [-0.05, 0) is 64.8 Å². The van der Waals surface area contributed by atoms with Crippen molar-refractivity contribution in [3.63, 3.8) is 0 Å². The molecule has 0 spiro atoms. The first-order chi connectivity index (χ1) is 15.3. The summed E-state index contributed by atoms with van der Waals surface area (Å²) < 4.78 is 30.2. The lowest BCUT2D eigenvalue weighted by Gasteiger charge is -2.17. The molecule has 2 aromatic heterocycles. The summed E-state index contributed by atoms with van der Waals surface area (Å²) in [5, 5.41) is 7.60. The molecular formula is C22H29N7O2S. The van der Waals surface area contributed by atoms with Gasteiger partial charge in [0, 0.05) is 42.8 Å². The van der Waals surface area contributed by atoms with Gasteiger partial charge in [0.2, 0.25) is 5.95 Å². The highest BCUT2D eigenvalue weighted by molar-refractivity contribution is 7.92. The average molecular weight is 456 g/mol. The summed E-state index contributed by atoms with van der Waals surface area (Å²) in [6.07, 6.45) is 2.32. The quantitative estimate of drug-likeness (QED) is 0.559. The second-order valence-corrected chi connectivity index (χ2v) is 9.63. The number of hydrogen-bond donors (Lipinski definition) is 2. The van der Waals surface area contributed by atoms with Crippen LogP contribution in [0.5, 0.6) is 0 Å². The van der Waals surface area contributed by atoms with E-state index in [1.54, 1.807) is 30.7 Å². The molecular weight excluding hydrogens is 426 g/mol. The van der Waals surface area contributed by atoms with E-state index >= 15 is 0 Å². The molecule has 1 saturated heterocycles. The summed E-state index contributed by atoms with van der Waals surface area (Å²) in [6.45, 7) is 9.94. The number of sulfonamides is 1. The summed E-state index contributed by atoms with van der Waals surface area (Å²) in [5.74, 6) is 1.46. The van der Waals surface area contributed by atoms with Gasteiger partial charge < -0.3 is 10.2 Å². The lowest BCUT2D eigenvalue weighted by Crippen LogP contribution is -2.21. The molecule has 4 rings (SSSR count). The van der Waals surface area contributed by atoms with Crippen molar-refractivity contribution in [2.75, 3.05) is 28.0 Å². The molecule has 0 unspecified atom stereocenters. The lowest BCUT2D eigenvalue weighted by molar-refractivity contribution is 0.598. The van der Waals surface area contributed by atoms with Crippen molar-refractivity contribution in [2.24, 2.45) is 0 Å². The van der Waals surface area contributed by atoms with Crippen molar-refractivity contribution in [1.82, 2.24) is 19.7 Å². The van der Waals surface area contributed by atoms with E-state index in [-0.39, 0.29) is 4.90 Å². The number of rotatable bonds is 7. The van der Waals surface area contributed by atoms with Crippen LogP contribution in [0.3, 0.4) is 0 Å². The summed E-state index contributed by atoms with van der Waals surface area (Å²) in [4.78, 5) is 11.6. The fraction of sp³-hybridized carbons (Fsp3) is 0.409. The van der Waals surface area contributed by atoms with E-state index < -0.39 is 10.0 Å². The summed E-state index contributed by atoms with van der Waals surface area (Å²) in [6, 6.07) is 8.99. The summed E-state index contributed by atoms with van der Waals surface area (Å²) in [5.41, 5.74) is 3.30. The topological polar surface area (TPSA) is 105 Å². The van der Waals surface area contributed by atoms with Crippen LogP contribution in [0.2, 0.25) is 0 Å². The van der Waals surface area contributed by atoms with Crippen LogP contribution in [0.4, 0.5) is 23.1 Å². The largest absolute Gasteiger partial charge is 0.341 e. The van der Waals surface area contributed by atoms with Crippen molar-refractivity contribution in [3.8, 4) is 0 Å². The Labute approximate surface area is 188 Å². The molecule has 10 heteroatoms. The van der Waals surface area contributed by atoms with E-state index in [1.165, 1.54) is 0 Å². The maximum absolute atomic E-state index is 12.9. The zero-order valence-corrected chi connectivity index (χ0v) is 19.7. The summed E-state index contributed by atoms with van der Waals surface area (Å²) in [7, 11) is -3.74. The molecule has 3 heterocycles. The predicted octanol–water partition coefficient (Wildman–Crippen LogP) is 3.76. The number of aryl methyl sites for hydroxylation is 3. The number of benzene rings is 1. The Morgan fingerprint density at radius 2 is 1.66 bits per heavy atom. The Balaban J connectivity index is 1.50. The second kappa shape index (κ2) is 8.78. The minimum atomic E-state index is -3.74. The third-order valence-electron chi connectivity index (χ3n) is 5.52. The average Bonchev–Trinajstić information content (AvgIpc) is 3.37. The Bertz CT molecular complexity index is 1210. The van der Waals surface area contributed by atoms with Gasteiger partial charge in [0.05, 0.1) is 11.4 Å². The van der Waals surface area contributed by atoms with Gasteiger partial charge in [-0.15, -0.1) is 0 Å². The highest BCUT2D eigenvalue weighted by Crippen LogP contribution is 2.25. The molecule has 0 amide bonds. The van der Waals surface area contributed by atoms with Crippen molar-refractivity contribution in [1.29, 1.82) is 0 Å². The van der Waals surface area contributed by atoms with Crippen LogP contribution in [0.25, 0.3) is 0 Å². The normalized spacial score (nSPS) is 14.1. The molecule has 170 valence electrons. The SMILES string of the molecule is CCn1nc(C)c(S(=O)(=O)Nc2ccc(Nc3cc(C)nc(N4CCCC4)n3)cc2)c1C. The van der Waals surface area contributed by atoms with Crippen LogP contribution >= 0.6 is 0 Å². The Morgan fingerprint density at radius 1 is 1.00 bits per heavy atom. The zero-order chi connectivity index (χ0) is 22.9. The monoisotopic (exact) mass is 455 g/mol. The van der Waals surface area contributed by atoms with E-state index in [0.717, 1.165) is 43.3 Å². The number of hydrogen-bond acceptors (Lipinski definition) is 7. The highest BCUT2D eigenvalue weighted by atomic mass is 32.2. The number of nitrogens with one attached hydrogen (secondary N) is 2. The maximum atomic E-state index is 12.9. The zero-order valence-electron chi connectivity index (χ0n) is 18.9. The van der Waals surface area contributed by atoms with Gasteiger partial charge in [-0.1, -0.05) is 0 Å². The Kier molecular flexibility index (Phi) is 6.05. The van der Waals surface area contributed by atoms with Crippen LogP contribution in [0.1, 0.15) is 36.8 Å². The van der Waals surface area contributed by atoms with Crippen LogP contribution < -0.4 is 14.9 Å². The smallest absolute Gasteiger partial charge is 0.265 e. The molecule has 0 bridgehead atoms. The Morgan fingerprint density at radius 3 is 2.28 bits per heavy atom. The van der Waals surface area contributed by atoms with Crippen LogP contribution in [-0.2, 0) is 16.6 Å². The molecule has 0 saturated carbocycles. The number of aromatic nitrogens is 4. The van der Waals surface area contributed by atoms with Crippen molar-refractivity contribution in [2.45, 2.75) is 52.0 Å².